The van der Waals surface area contributed by atoms with Crippen molar-refractivity contribution < 1.29 is 13.2 Å². The molecule has 1 aliphatic rings. The third-order valence-corrected chi connectivity index (χ3v) is 7.02. The summed E-state index contributed by atoms with van der Waals surface area (Å²) in [5.41, 5.74) is 0.550. The number of carbonyl (C=O) groups excluding carboxylic acids is 1. The summed E-state index contributed by atoms with van der Waals surface area (Å²) in [6, 6.07) is 13.2. The molecule has 0 radical (unpaired) electrons. The Hall–Kier alpha value is -1.37. The van der Waals surface area contributed by atoms with Crippen LogP contribution in [0.4, 0.5) is 0 Å². The first kappa shape index (κ1) is 17.5. The van der Waals surface area contributed by atoms with Crippen molar-refractivity contribution in [2.24, 2.45) is 0 Å². The summed E-state index contributed by atoms with van der Waals surface area (Å²) >= 11 is 9.16. The van der Waals surface area contributed by atoms with E-state index in [4.69, 9.17) is 11.6 Å². The van der Waals surface area contributed by atoms with Gasteiger partial charge in [-0.25, -0.2) is 8.42 Å². The number of hydrogen-bond acceptors (Lipinski definition) is 3. The van der Waals surface area contributed by atoms with Gasteiger partial charge < -0.3 is 4.90 Å². The van der Waals surface area contributed by atoms with Crippen LogP contribution in [-0.4, -0.2) is 37.6 Å². The maximum Gasteiger partial charge on any atom is 0.253 e. The van der Waals surface area contributed by atoms with Crippen molar-refractivity contribution >= 4 is 43.3 Å². The molecule has 1 saturated heterocycles. The van der Waals surface area contributed by atoms with E-state index in [0.717, 1.165) is 4.47 Å². The lowest BCUT2D eigenvalue weighted by atomic mass is 10.2. The fourth-order valence-electron chi connectivity index (χ4n) is 2.79. The molecule has 7 heteroatoms. The molecule has 0 spiro atoms. The van der Waals surface area contributed by atoms with Crippen molar-refractivity contribution in [3.8, 4) is 0 Å². The first-order chi connectivity index (χ1) is 11.4. The summed E-state index contributed by atoms with van der Waals surface area (Å²) < 4.78 is 26.2. The number of amides is 1. The molecule has 2 aromatic rings. The van der Waals surface area contributed by atoms with Crippen molar-refractivity contribution in [3.63, 3.8) is 0 Å². The summed E-state index contributed by atoms with van der Waals surface area (Å²) in [6.45, 7) is 0.638. The maximum atomic E-state index is 12.7. The summed E-state index contributed by atoms with van der Waals surface area (Å²) in [4.78, 5) is 14.4. The molecular weight excluding hydrogens is 414 g/mol. The molecule has 126 valence electrons. The highest BCUT2D eigenvalue weighted by Crippen LogP contribution is 2.26. The fourth-order valence-corrected chi connectivity index (χ4v) is 5.00. The van der Waals surface area contributed by atoms with E-state index < -0.39 is 15.1 Å². The lowest BCUT2D eigenvalue weighted by Gasteiger charge is -2.17. The van der Waals surface area contributed by atoms with E-state index in [1.807, 2.05) is 6.07 Å². The normalized spacial score (nSPS) is 17.9. The molecule has 1 aliphatic heterocycles. The SMILES string of the molecule is O=C(c1cccc(Br)c1)N1CCC(S(=O)(=O)c2ccc(Cl)cc2)C1. The smallest absolute Gasteiger partial charge is 0.253 e. The molecule has 1 unspecified atom stereocenters. The van der Waals surface area contributed by atoms with Crippen molar-refractivity contribution in [3.05, 3.63) is 63.6 Å². The number of rotatable bonds is 3. The van der Waals surface area contributed by atoms with Crippen LogP contribution in [0, 0.1) is 0 Å². The van der Waals surface area contributed by atoms with Crippen LogP contribution in [-0.2, 0) is 9.84 Å². The minimum absolute atomic E-state index is 0.148. The van der Waals surface area contributed by atoms with E-state index in [1.165, 1.54) is 12.1 Å². The van der Waals surface area contributed by atoms with Gasteiger partial charge in [0.25, 0.3) is 5.91 Å². The van der Waals surface area contributed by atoms with Crippen LogP contribution in [0.3, 0.4) is 0 Å². The van der Waals surface area contributed by atoms with Gasteiger partial charge >= 0.3 is 0 Å². The Morgan fingerprint density at radius 2 is 1.88 bits per heavy atom. The molecule has 0 bridgehead atoms. The van der Waals surface area contributed by atoms with Crippen LogP contribution in [0.5, 0.6) is 0 Å². The Balaban J connectivity index is 1.77. The molecule has 24 heavy (non-hydrogen) atoms. The van der Waals surface area contributed by atoms with Gasteiger partial charge in [-0.2, -0.15) is 0 Å². The molecule has 1 amide bonds. The molecule has 0 N–H and O–H groups in total. The molecule has 2 aromatic carbocycles. The van der Waals surface area contributed by atoms with E-state index in [-0.39, 0.29) is 17.3 Å². The van der Waals surface area contributed by atoms with Crippen LogP contribution in [0.2, 0.25) is 5.02 Å². The van der Waals surface area contributed by atoms with Crippen molar-refractivity contribution in [1.29, 1.82) is 0 Å². The quantitative estimate of drug-likeness (QED) is 0.747. The Morgan fingerprint density at radius 1 is 1.17 bits per heavy atom. The van der Waals surface area contributed by atoms with Gasteiger partial charge in [-0.05, 0) is 48.9 Å². The second kappa shape index (κ2) is 6.86. The molecule has 1 heterocycles. The zero-order chi connectivity index (χ0) is 17.3. The number of likely N-dealkylation sites (tertiary alicyclic amines) is 1. The molecule has 4 nitrogen and oxygen atoms in total. The Kier molecular flexibility index (Phi) is 4.99. The number of hydrogen-bond donors (Lipinski definition) is 0. The summed E-state index contributed by atoms with van der Waals surface area (Å²) in [5, 5.41) is -0.0957. The van der Waals surface area contributed by atoms with Crippen LogP contribution < -0.4 is 0 Å². The molecule has 1 fully saturated rings. The highest BCUT2D eigenvalue weighted by molar-refractivity contribution is 9.10. The van der Waals surface area contributed by atoms with E-state index >= 15 is 0 Å². The van der Waals surface area contributed by atoms with E-state index in [0.29, 0.717) is 23.6 Å². The van der Waals surface area contributed by atoms with Crippen LogP contribution in [0.25, 0.3) is 0 Å². The predicted octanol–water partition coefficient (Wildman–Crippen LogP) is 3.79. The molecule has 0 saturated carbocycles. The van der Waals surface area contributed by atoms with E-state index in [9.17, 15) is 13.2 Å². The monoisotopic (exact) mass is 427 g/mol. The number of benzene rings is 2. The minimum Gasteiger partial charge on any atom is -0.337 e. The third-order valence-electron chi connectivity index (χ3n) is 4.08. The molecule has 1 atom stereocenters. The van der Waals surface area contributed by atoms with Crippen molar-refractivity contribution in [1.82, 2.24) is 4.90 Å². The van der Waals surface area contributed by atoms with Gasteiger partial charge in [0.2, 0.25) is 0 Å². The van der Waals surface area contributed by atoms with Crippen LogP contribution in [0.15, 0.2) is 57.9 Å². The van der Waals surface area contributed by atoms with Crippen LogP contribution >= 0.6 is 27.5 Å². The maximum absolute atomic E-state index is 12.7. The number of sulfone groups is 1. The van der Waals surface area contributed by atoms with E-state index in [1.54, 1.807) is 35.2 Å². The summed E-state index contributed by atoms with van der Waals surface area (Å²) in [5.74, 6) is -0.148. The lowest BCUT2D eigenvalue weighted by molar-refractivity contribution is 0.0793. The number of halogens is 2. The molecule has 0 aromatic heterocycles. The average molecular weight is 429 g/mol. The highest BCUT2D eigenvalue weighted by atomic mass is 79.9. The van der Waals surface area contributed by atoms with Gasteiger partial charge in [0.1, 0.15) is 0 Å². The third kappa shape index (κ3) is 3.50. The Bertz CT molecular complexity index is 868. The largest absolute Gasteiger partial charge is 0.337 e. The molecule has 0 aliphatic carbocycles. The first-order valence-electron chi connectivity index (χ1n) is 7.42. The average Bonchev–Trinajstić information content (AvgIpc) is 3.05. The lowest BCUT2D eigenvalue weighted by Crippen LogP contribution is -2.31. The second-order valence-corrected chi connectivity index (χ2v) is 9.25. The zero-order valence-electron chi connectivity index (χ0n) is 12.7. The highest BCUT2D eigenvalue weighted by Gasteiger charge is 2.36. The Labute approximate surface area is 154 Å². The van der Waals surface area contributed by atoms with Gasteiger partial charge in [-0.3, -0.25) is 4.79 Å². The standard InChI is InChI=1S/C17H15BrClNO3S/c18-13-3-1-2-12(10-13)17(21)20-9-8-16(11-20)24(22,23)15-6-4-14(19)5-7-15/h1-7,10,16H,8-9,11H2. The van der Waals surface area contributed by atoms with Gasteiger partial charge in [-0.1, -0.05) is 33.6 Å². The first-order valence-corrected chi connectivity index (χ1v) is 10.1. The van der Waals surface area contributed by atoms with Gasteiger partial charge in [0, 0.05) is 28.1 Å². The van der Waals surface area contributed by atoms with Gasteiger partial charge in [0.05, 0.1) is 10.1 Å². The van der Waals surface area contributed by atoms with E-state index in [2.05, 4.69) is 15.9 Å². The predicted molar refractivity (Wildman–Crippen MR) is 97.1 cm³/mol. The topological polar surface area (TPSA) is 54.5 Å². The summed E-state index contributed by atoms with van der Waals surface area (Å²) in [7, 11) is -3.47. The number of nitrogens with zero attached hydrogens (tertiary/aromatic N) is 1. The number of carbonyl (C=O) groups is 1. The minimum atomic E-state index is -3.47. The summed E-state index contributed by atoms with van der Waals surface area (Å²) in [6.07, 6.45) is 0.435. The van der Waals surface area contributed by atoms with Gasteiger partial charge in [0.15, 0.2) is 9.84 Å². The molecular formula is C17H15BrClNO3S. The Morgan fingerprint density at radius 3 is 2.54 bits per heavy atom. The van der Waals surface area contributed by atoms with Crippen molar-refractivity contribution in [2.75, 3.05) is 13.1 Å². The second-order valence-electron chi connectivity index (χ2n) is 5.67. The zero-order valence-corrected chi connectivity index (χ0v) is 15.8. The fraction of sp³-hybridized carbons (Fsp3) is 0.235. The van der Waals surface area contributed by atoms with Gasteiger partial charge in [-0.15, -0.1) is 0 Å². The van der Waals surface area contributed by atoms with Crippen molar-refractivity contribution in [2.45, 2.75) is 16.6 Å². The molecule has 3 rings (SSSR count). The van der Waals surface area contributed by atoms with Crippen LogP contribution in [0.1, 0.15) is 16.8 Å².